The minimum atomic E-state index is -0.295. The Bertz CT molecular complexity index is 997. The molecule has 0 heterocycles. The van der Waals surface area contributed by atoms with E-state index in [4.69, 9.17) is 17.0 Å². The van der Waals surface area contributed by atoms with Crippen LogP contribution >= 0.6 is 28.1 Å². The van der Waals surface area contributed by atoms with Crippen molar-refractivity contribution in [1.82, 2.24) is 10.2 Å². The Kier molecular flexibility index (Phi) is 7.99. The summed E-state index contributed by atoms with van der Waals surface area (Å²) in [5.41, 5.74) is 2.74. The minimum Gasteiger partial charge on any atom is -0.492 e. The number of nitrogens with zero attached hydrogens (tertiary/aromatic N) is 1. The number of ether oxygens (including phenoxy) is 1. The molecule has 0 saturated heterocycles. The molecule has 4 nitrogen and oxygen atoms in total. The molecular weight excluding hydrogens is 460 g/mol. The van der Waals surface area contributed by atoms with Gasteiger partial charge in [0.25, 0.3) is 5.91 Å². The molecule has 3 rings (SSSR count). The number of hydrogen-bond acceptors (Lipinski definition) is 3. The number of carbonyl (C=O) groups is 1. The molecule has 1 amide bonds. The zero-order valence-electron chi connectivity index (χ0n) is 16.7. The van der Waals surface area contributed by atoms with Gasteiger partial charge < -0.3 is 9.64 Å². The summed E-state index contributed by atoms with van der Waals surface area (Å²) in [5.74, 6) is 0.232. The van der Waals surface area contributed by atoms with E-state index in [-0.39, 0.29) is 5.91 Å². The number of hydrogen-bond donors (Lipinski definition) is 1. The first kappa shape index (κ1) is 22.0. The lowest BCUT2D eigenvalue weighted by Crippen LogP contribution is -2.40. The zero-order chi connectivity index (χ0) is 21.3. The summed E-state index contributed by atoms with van der Waals surface area (Å²) in [5, 5.41) is 3.17. The fraction of sp³-hybridized carbons (Fsp3) is 0.167. The predicted octanol–water partition coefficient (Wildman–Crippen LogP) is 5.22. The molecule has 154 valence electrons. The Labute approximate surface area is 191 Å². The summed E-state index contributed by atoms with van der Waals surface area (Å²) in [6, 6.07) is 25.5. The van der Waals surface area contributed by atoms with Crippen molar-refractivity contribution in [1.29, 1.82) is 0 Å². The van der Waals surface area contributed by atoms with Crippen molar-refractivity contribution in [2.75, 3.05) is 13.7 Å². The van der Waals surface area contributed by atoms with E-state index in [1.54, 1.807) is 12.1 Å². The molecule has 3 aromatic rings. The number of thiocarbonyl (C=S) groups is 1. The van der Waals surface area contributed by atoms with Gasteiger partial charge in [0.1, 0.15) is 5.75 Å². The molecule has 0 radical (unpaired) electrons. The van der Waals surface area contributed by atoms with E-state index in [1.807, 2.05) is 66.5 Å². The maximum atomic E-state index is 12.9. The van der Waals surface area contributed by atoms with Gasteiger partial charge >= 0.3 is 0 Å². The van der Waals surface area contributed by atoms with Crippen LogP contribution in [0.1, 0.15) is 21.5 Å². The van der Waals surface area contributed by atoms with Gasteiger partial charge in [-0.3, -0.25) is 10.1 Å². The van der Waals surface area contributed by atoms with Gasteiger partial charge in [0.05, 0.1) is 12.2 Å². The smallest absolute Gasteiger partial charge is 0.261 e. The summed E-state index contributed by atoms with van der Waals surface area (Å²) in [6.45, 7) is 1.09. The third kappa shape index (κ3) is 6.40. The van der Waals surface area contributed by atoms with Crippen molar-refractivity contribution in [3.05, 3.63) is 100 Å². The average molecular weight is 483 g/mol. The highest BCUT2D eigenvalue weighted by atomic mass is 79.9. The van der Waals surface area contributed by atoms with Gasteiger partial charge in [0.15, 0.2) is 5.11 Å². The number of halogens is 1. The number of carbonyl (C=O) groups excluding carboxylic acids is 1. The molecule has 0 bridgehead atoms. The highest BCUT2D eigenvalue weighted by molar-refractivity contribution is 9.10. The average Bonchev–Trinajstić information content (AvgIpc) is 2.76. The van der Waals surface area contributed by atoms with Gasteiger partial charge in [0, 0.05) is 24.5 Å². The van der Waals surface area contributed by atoms with Crippen LogP contribution in [0.5, 0.6) is 5.75 Å². The lowest BCUT2D eigenvalue weighted by molar-refractivity contribution is 0.0969. The second-order valence-electron chi connectivity index (χ2n) is 6.83. The van der Waals surface area contributed by atoms with Gasteiger partial charge in [-0.1, -0.05) is 76.6 Å². The molecule has 0 aliphatic carbocycles. The van der Waals surface area contributed by atoms with Gasteiger partial charge in [-0.15, -0.1) is 0 Å². The Morgan fingerprint density at radius 1 is 1.00 bits per heavy atom. The number of amides is 1. The van der Waals surface area contributed by atoms with Crippen molar-refractivity contribution in [3.63, 3.8) is 0 Å². The molecule has 30 heavy (non-hydrogen) atoms. The van der Waals surface area contributed by atoms with E-state index in [9.17, 15) is 4.79 Å². The second-order valence-corrected chi connectivity index (χ2v) is 8.13. The Balaban J connectivity index is 1.62. The summed E-state index contributed by atoms with van der Waals surface area (Å²) in [7, 11) is 1.85. The topological polar surface area (TPSA) is 41.6 Å². The van der Waals surface area contributed by atoms with Crippen LogP contribution < -0.4 is 10.1 Å². The Hall–Kier alpha value is -2.70. The molecule has 0 spiro atoms. The van der Waals surface area contributed by atoms with Gasteiger partial charge in [-0.25, -0.2) is 0 Å². The highest BCUT2D eigenvalue weighted by Crippen LogP contribution is 2.23. The number of nitrogens with one attached hydrogen (secondary N) is 1. The second kappa shape index (κ2) is 10.9. The lowest BCUT2D eigenvalue weighted by atomic mass is 10.1. The molecule has 0 aromatic heterocycles. The molecule has 0 fully saturated rings. The summed E-state index contributed by atoms with van der Waals surface area (Å²) < 4.78 is 6.71. The number of benzene rings is 3. The minimum absolute atomic E-state index is 0.295. The molecule has 0 aliphatic rings. The fourth-order valence-corrected chi connectivity index (χ4v) is 3.44. The third-order valence-corrected chi connectivity index (χ3v) is 5.41. The summed E-state index contributed by atoms with van der Waals surface area (Å²) in [4.78, 5) is 14.7. The summed E-state index contributed by atoms with van der Waals surface area (Å²) in [6.07, 6.45) is 0.760. The molecular formula is C24H23BrN2O2S. The molecule has 0 unspecified atom stereocenters. The van der Waals surface area contributed by atoms with Crippen LogP contribution in [0.25, 0.3) is 0 Å². The molecule has 0 atom stereocenters. The molecule has 1 N–H and O–H groups in total. The maximum Gasteiger partial charge on any atom is 0.261 e. The zero-order valence-corrected chi connectivity index (χ0v) is 19.1. The first-order valence-corrected chi connectivity index (χ1v) is 10.8. The van der Waals surface area contributed by atoms with E-state index in [1.165, 1.54) is 5.56 Å². The van der Waals surface area contributed by atoms with Crippen LogP contribution in [0, 0.1) is 0 Å². The fourth-order valence-electron chi connectivity index (χ4n) is 2.92. The largest absolute Gasteiger partial charge is 0.492 e. The van der Waals surface area contributed by atoms with Crippen LogP contribution in [0.2, 0.25) is 0 Å². The van der Waals surface area contributed by atoms with Crippen molar-refractivity contribution in [2.24, 2.45) is 0 Å². The molecule has 3 aromatic carbocycles. The van der Waals surface area contributed by atoms with Crippen LogP contribution in [-0.4, -0.2) is 29.6 Å². The molecule has 0 saturated carbocycles. The van der Waals surface area contributed by atoms with E-state index in [0.717, 1.165) is 16.5 Å². The van der Waals surface area contributed by atoms with Crippen molar-refractivity contribution in [3.8, 4) is 5.75 Å². The Morgan fingerprint density at radius 3 is 2.30 bits per heavy atom. The van der Waals surface area contributed by atoms with E-state index >= 15 is 0 Å². The van der Waals surface area contributed by atoms with E-state index in [2.05, 4.69) is 33.4 Å². The molecule has 6 heteroatoms. The first-order valence-electron chi connectivity index (χ1n) is 9.59. The van der Waals surface area contributed by atoms with Crippen LogP contribution in [-0.2, 0) is 13.0 Å². The predicted molar refractivity (Wildman–Crippen MR) is 128 cm³/mol. The highest BCUT2D eigenvalue weighted by Gasteiger charge is 2.16. The SMILES string of the molecule is CN(Cc1ccccc1)C(=S)NC(=O)c1cc(Br)ccc1OCCc1ccccc1. The monoisotopic (exact) mass is 482 g/mol. The van der Waals surface area contributed by atoms with E-state index < -0.39 is 0 Å². The van der Waals surface area contributed by atoms with Gasteiger partial charge in [-0.05, 0) is 41.5 Å². The summed E-state index contributed by atoms with van der Waals surface area (Å²) >= 11 is 8.85. The van der Waals surface area contributed by atoms with Crippen molar-refractivity contribution in [2.45, 2.75) is 13.0 Å². The van der Waals surface area contributed by atoms with Crippen LogP contribution in [0.3, 0.4) is 0 Å². The Morgan fingerprint density at radius 2 is 1.63 bits per heavy atom. The third-order valence-electron chi connectivity index (χ3n) is 4.51. The van der Waals surface area contributed by atoms with E-state index in [0.29, 0.717) is 29.6 Å². The normalized spacial score (nSPS) is 10.3. The quantitative estimate of drug-likeness (QED) is 0.468. The van der Waals surface area contributed by atoms with Gasteiger partial charge in [-0.2, -0.15) is 0 Å². The maximum absolute atomic E-state index is 12.9. The molecule has 0 aliphatic heterocycles. The van der Waals surface area contributed by atoms with Crippen LogP contribution in [0.4, 0.5) is 0 Å². The lowest BCUT2D eigenvalue weighted by Gasteiger charge is -2.21. The van der Waals surface area contributed by atoms with Gasteiger partial charge in [0.2, 0.25) is 0 Å². The van der Waals surface area contributed by atoms with Crippen molar-refractivity contribution < 1.29 is 9.53 Å². The van der Waals surface area contributed by atoms with Crippen molar-refractivity contribution >= 4 is 39.2 Å². The standard InChI is InChI=1S/C24H23BrN2O2S/c1-27(17-19-10-6-3-7-11-19)24(30)26-23(28)21-16-20(25)12-13-22(21)29-15-14-18-8-4-2-5-9-18/h2-13,16H,14-15,17H2,1H3,(H,26,28,30). The number of rotatable bonds is 7. The van der Waals surface area contributed by atoms with Crippen LogP contribution in [0.15, 0.2) is 83.3 Å². The first-order chi connectivity index (χ1) is 14.5.